The van der Waals surface area contributed by atoms with Crippen molar-refractivity contribution in [3.05, 3.63) is 71.4 Å². The first-order valence-corrected chi connectivity index (χ1v) is 17.3. The Morgan fingerprint density at radius 2 is 1.78 bits per heavy atom. The summed E-state index contributed by atoms with van der Waals surface area (Å²) in [5.74, 6) is 0.394. The SMILES string of the molecule is CNC(=O)c1nnc(NC(=O)C2CC2)cc1Nc1cccc2c1N(C)Cc1c-2cnn1C1CN(Cc2cccc(C(=O)N3CC[C@@H](C)C3)n2)C1. The number of aromatic nitrogens is 5. The van der Waals surface area contributed by atoms with Crippen molar-refractivity contribution >= 4 is 40.6 Å². The van der Waals surface area contributed by atoms with E-state index >= 15 is 0 Å². The molecule has 1 aliphatic carbocycles. The summed E-state index contributed by atoms with van der Waals surface area (Å²) >= 11 is 0. The second kappa shape index (κ2) is 12.8. The van der Waals surface area contributed by atoms with Crippen LogP contribution in [0.25, 0.3) is 11.1 Å². The number of nitrogens with zero attached hydrogens (tertiary/aromatic N) is 8. The summed E-state index contributed by atoms with van der Waals surface area (Å²) in [6.07, 6.45) is 4.73. The topological polar surface area (TPSA) is 154 Å². The third kappa shape index (κ3) is 6.04. The van der Waals surface area contributed by atoms with Crippen molar-refractivity contribution < 1.29 is 14.4 Å². The molecule has 50 heavy (non-hydrogen) atoms. The largest absolute Gasteiger partial charge is 0.366 e. The average molecular weight is 676 g/mol. The Morgan fingerprint density at radius 3 is 2.54 bits per heavy atom. The Morgan fingerprint density at radius 1 is 0.960 bits per heavy atom. The average Bonchev–Trinajstić information content (AvgIpc) is 3.75. The van der Waals surface area contributed by atoms with Crippen molar-refractivity contribution in [1.29, 1.82) is 0 Å². The van der Waals surface area contributed by atoms with Gasteiger partial charge in [0, 0.05) is 69.9 Å². The number of nitrogens with one attached hydrogen (secondary N) is 3. The number of carbonyl (C=O) groups excluding carboxylic acids is 3. The minimum absolute atomic E-state index is 0.00872. The third-order valence-electron chi connectivity index (χ3n) is 10.1. The summed E-state index contributed by atoms with van der Waals surface area (Å²) in [6.45, 7) is 6.79. The fourth-order valence-corrected chi connectivity index (χ4v) is 7.24. The molecule has 4 aromatic rings. The van der Waals surface area contributed by atoms with E-state index < -0.39 is 0 Å². The van der Waals surface area contributed by atoms with Gasteiger partial charge in [0.2, 0.25) is 5.91 Å². The Hall–Kier alpha value is -5.37. The number of hydrogen-bond acceptors (Lipinski definition) is 10. The first-order valence-electron chi connectivity index (χ1n) is 17.3. The Bertz CT molecular complexity index is 1980. The summed E-state index contributed by atoms with van der Waals surface area (Å²) < 4.78 is 2.15. The maximum atomic E-state index is 13.0. The van der Waals surface area contributed by atoms with E-state index in [0.29, 0.717) is 36.2 Å². The smallest absolute Gasteiger partial charge is 0.273 e. The zero-order valence-electron chi connectivity index (χ0n) is 28.5. The number of carbonyl (C=O) groups is 3. The highest BCUT2D eigenvalue weighted by Crippen LogP contribution is 2.45. The van der Waals surface area contributed by atoms with Gasteiger partial charge in [0.15, 0.2) is 11.5 Å². The predicted octanol–water partition coefficient (Wildman–Crippen LogP) is 3.68. The van der Waals surface area contributed by atoms with E-state index in [-0.39, 0.29) is 35.4 Å². The van der Waals surface area contributed by atoms with Gasteiger partial charge in [0.05, 0.1) is 47.2 Å². The van der Waals surface area contributed by atoms with Gasteiger partial charge in [-0.25, -0.2) is 4.98 Å². The number of hydrogen-bond donors (Lipinski definition) is 3. The third-order valence-corrected chi connectivity index (χ3v) is 10.1. The molecule has 4 aliphatic rings. The van der Waals surface area contributed by atoms with E-state index in [0.717, 1.165) is 79.3 Å². The summed E-state index contributed by atoms with van der Waals surface area (Å²) in [5, 5.41) is 22.0. The van der Waals surface area contributed by atoms with Crippen LogP contribution in [-0.4, -0.2) is 92.8 Å². The highest BCUT2D eigenvalue weighted by atomic mass is 16.2. The molecule has 3 N–H and O–H groups in total. The molecule has 3 aromatic heterocycles. The number of fused-ring (bicyclic) bond motifs is 3. The van der Waals surface area contributed by atoms with Crippen LogP contribution in [0.5, 0.6) is 0 Å². The standard InChI is InChI=1S/C36H41N11O3/c1-21-12-13-46(16-21)36(50)28-9-4-6-23(39-28)17-45-18-24(19-45)47-30-20-44(3)33-25(26(30)15-38-47)7-5-8-27(33)40-29-14-31(41-34(48)22-10-11-22)42-43-32(29)35(49)37-2/h4-9,14-15,21-22,24H,10-13,16-20H2,1-3H3,(H,37,49)(H2,40,41,42,48)/t21-/m1/s1. The maximum Gasteiger partial charge on any atom is 0.273 e. The zero-order valence-corrected chi connectivity index (χ0v) is 28.5. The molecular weight excluding hydrogens is 634 g/mol. The van der Waals surface area contributed by atoms with Crippen LogP contribution < -0.4 is 20.9 Å². The minimum atomic E-state index is -0.384. The Balaban J connectivity index is 0.983. The van der Waals surface area contributed by atoms with Crippen LogP contribution in [0.4, 0.5) is 22.9 Å². The first kappa shape index (κ1) is 31.9. The molecule has 3 fully saturated rings. The number of anilines is 4. The van der Waals surface area contributed by atoms with Crippen molar-refractivity contribution in [1.82, 2.24) is 40.1 Å². The summed E-state index contributed by atoms with van der Waals surface area (Å²) in [7, 11) is 3.59. The van der Waals surface area contributed by atoms with E-state index in [1.807, 2.05) is 48.5 Å². The number of benzene rings is 1. The molecule has 1 atom stereocenters. The van der Waals surface area contributed by atoms with E-state index in [2.05, 4.69) is 53.6 Å². The number of pyridine rings is 1. The lowest BCUT2D eigenvalue weighted by atomic mass is 9.97. The monoisotopic (exact) mass is 675 g/mol. The van der Waals surface area contributed by atoms with Crippen LogP contribution >= 0.6 is 0 Å². The van der Waals surface area contributed by atoms with Gasteiger partial charge >= 0.3 is 0 Å². The molecule has 258 valence electrons. The van der Waals surface area contributed by atoms with Gasteiger partial charge in [-0.05, 0) is 43.4 Å². The molecular formula is C36H41N11O3. The molecule has 1 saturated carbocycles. The molecule has 3 amide bonds. The van der Waals surface area contributed by atoms with Gasteiger partial charge in [0.25, 0.3) is 11.8 Å². The van der Waals surface area contributed by atoms with Gasteiger partial charge in [-0.15, -0.1) is 10.2 Å². The minimum Gasteiger partial charge on any atom is -0.366 e. The molecule has 2 saturated heterocycles. The van der Waals surface area contributed by atoms with E-state index in [1.54, 1.807) is 13.1 Å². The van der Waals surface area contributed by atoms with Gasteiger partial charge in [-0.1, -0.05) is 25.1 Å². The van der Waals surface area contributed by atoms with Gasteiger partial charge < -0.3 is 25.8 Å². The fourth-order valence-electron chi connectivity index (χ4n) is 7.24. The van der Waals surface area contributed by atoms with Gasteiger partial charge in [-0.2, -0.15) is 5.10 Å². The zero-order chi connectivity index (χ0) is 34.5. The van der Waals surface area contributed by atoms with Crippen LogP contribution in [0.1, 0.15) is 64.6 Å². The highest BCUT2D eigenvalue weighted by molar-refractivity contribution is 6.01. The lowest BCUT2D eigenvalue weighted by Crippen LogP contribution is -2.48. The van der Waals surface area contributed by atoms with Gasteiger partial charge in [0.1, 0.15) is 5.69 Å². The molecule has 14 nitrogen and oxygen atoms in total. The molecule has 1 aromatic carbocycles. The molecule has 3 aliphatic heterocycles. The molecule has 0 spiro atoms. The Labute approximate surface area is 290 Å². The normalized spacial score (nSPS) is 18.7. The Kier molecular flexibility index (Phi) is 8.17. The quantitative estimate of drug-likeness (QED) is 0.240. The number of rotatable bonds is 9. The first-order chi connectivity index (χ1) is 24.2. The molecule has 0 radical (unpaired) electrons. The number of para-hydroxylation sites is 1. The van der Waals surface area contributed by atoms with Crippen LogP contribution in [0.3, 0.4) is 0 Å². The van der Waals surface area contributed by atoms with Crippen molar-refractivity contribution in [3.63, 3.8) is 0 Å². The lowest BCUT2D eigenvalue weighted by molar-refractivity contribution is -0.117. The number of amides is 3. The summed E-state index contributed by atoms with van der Waals surface area (Å²) in [5.41, 5.74) is 7.02. The second-order valence-corrected chi connectivity index (χ2v) is 14.0. The highest BCUT2D eigenvalue weighted by Gasteiger charge is 2.35. The summed E-state index contributed by atoms with van der Waals surface area (Å²) in [6, 6.07) is 13.7. The predicted molar refractivity (Wildman–Crippen MR) is 188 cm³/mol. The van der Waals surface area contributed by atoms with E-state index in [4.69, 9.17) is 10.1 Å². The second-order valence-electron chi connectivity index (χ2n) is 14.0. The molecule has 0 unspecified atom stereocenters. The maximum absolute atomic E-state index is 13.0. The molecule has 6 heterocycles. The van der Waals surface area contributed by atoms with Crippen molar-refractivity contribution in [2.75, 3.05) is 55.8 Å². The molecule has 8 rings (SSSR count). The lowest BCUT2D eigenvalue weighted by Gasteiger charge is -2.40. The van der Waals surface area contributed by atoms with Crippen molar-refractivity contribution in [3.8, 4) is 11.1 Å². The van der Waals surface area contributed by atoms with Crippen molar-refractivity contribution in [2.45, 2.75) is 45.3 Å². The van der Waals surface area contributed by atoms with Crippen LogP contribution in [0.15, 0.2) is 48.7 Å². The van der Waals surface area contributed by atoms with Crippen LogP contribution in [0.2, 0.25) is 0 Å². The van der Waals surface area contributed by atoms with E-state index in [1.165, 1.54) is 0 Å². The molecule has 0 bridgehead atoms. The number of likely N-dealkylation sites (tertiary alicyclic amines) is 2. The van der Waals surface area contributed by atoms with Gasteiger partial charge in [-0.3, -0.25) is 24.0 Å². The fraction of sp³-hybridized carbons (Fsp3) is 0.417. The van der Waals surface area contributed by atoms with E-state index in [9.17, 15) is 14.4 Å². The van der Waals surface area contributed by atoms with Crippen LogP contribution in [0, 0.1) is 11.8 Å². The van der Waals surface area contributed by atoms with Crippen LogP contribution in [-0.2, 0) is 17.9 Å². The summed E-state index contributed by atoms with van der Waals surface area (Å²) in [4.78, 5) is 49.3. The van der Waals surface area contributed by atoms with Crippen molar-refractivity contribution in [2.24, 2.45) is 11.8 Å². The molecule has 14 heteroatoms.